The molecule has 1 aromatic carbocycles. The van der Waals surface area contributed by atoms with Crippen molar-refractivity contribution in [2.75, 3.05) is 19.8 Å². The van der Waals surface area contributed by atoms with Gasteiger partial charge in [-0.05, 0) is 19.1 Å². The number of halogens is 2. The second-order valence-electron chi connectivity index (χ2n) is 4.85. The summed E-state index contributed by atoms with van der Waals surface area (Å²) in [4.78, 5) is 11.9. The highest BCUT2D eigenvalue weighted by Gasteiger charge is 2.21. The SMILES string of the molecule is CC(NC(=O)CC1COCCN1)c1c(F)cccc1F. The maximum atomic E-state index is 13.6. The standard InChI is InChI=1S/C14H18F2N2O2/c1-9(14-11(15)3-2-4-12(14)16)18-13(19)7-10-8-20-6-5-17-10/h2-4,9-10,17H,5-8H2,1H3,(H,18,19). The topological polar surface area (TPSA) is 50.4 Å². The third-order valence-corrected chi connectivity index (χ3v) is 3.24. The molecule has 2 N–H and O–H groups in total. The van der Waals surface area contributed by atoms with Crippen LogP contribution >= 0.6 is 0 Å². The number of ether oxygens (including phenoxy) is 1. The minimum atomic E-state index is -0.715. The fourth-order valence-corrected chi connectivity index (χ4v) is 2.27. The van der Waals surface area contributed by atoms with Crippen molar-refractivity contribution in [3.63, 3.8) is 0 Å². The Balaban J connectivity index is 1.93. The van der Waals surface area contributed by atoms with E-state index in [1.807, 2.05) is 0 Å². The second kappa shape index (κ2) is 6.76. The van der Waals surface area contributed by atoms with Crippen LogP contribution in [0.4, 0.5) is 8.78 Å². The highest BCUT2D eigenvalue weighted by molar-refractivity contribution is 5.77. The summed E-state index contributed by atoms with van der Waals surface area (Å²) in [7, 11) is 0. The van der Waals surface area contributed by atoms with Crippen molar-refractivity contribution in [3.05, 3.63) is 35.4 Å². The summed E-state index contributed by atoms with van der Waals surface area (Å²) in [5.74, 6) is -1.57. The normalized spacial score (nSPS) is 20.4. The first-order valence-corrected chi connectivity index (χ1v) is 6.62. The molecule has 0 radical (unpaired) electrons. The molecule has 1 aromatic rings. The first kappa shape index (κ1) is 14.9. The van der Waals surface area contributed by atoms with Gasteiger partial charge in [-0.25, -0.2) is 8.78 Å². The van der Waals surface area contributed by atoms with Gasteiger partial charge >= 0.3 is 0 Å². The van der Waals surface area contributed by atoms with Crippen LogP contribution in [0.1, 0.15) is 24.9 Å². The zero-order valence-corrected chi connectivity index (χ0v) is 11.3. The van der Waals surface area contributed by atoms with E-state index in [-0.39, 0.29) is 23.9 Å². The largest absolute Gasteiger partial charge is 0.378 e. The third kappa shape index (κ3) is 3.74. The van der Waals surface area contributed by atoms with Gasteiger partial charge in [0.2, 0.25) is 5.91 Å². The molecule has 2 rings (SSSR count). The minimum Gasteiger partial charge on any atom is -0.378 e. The Morgan fingerprint density at radius 3 is 2.80 bits per heavy atom. The fraction of sp³-hybridized carbons (Fsp3) is 0.500. The van der Waals surface area contributed by atoms with Crippen molar-refractivity contribution in [2.45, 2.75) is 25.4 Å². The van der Waals surface area contributed by atoms with Crippen molar-refractivity contribution in [1.82, 2.24) is 10.6 Å². The predicted octanol–water partition coefficient (Wildman–Crippen LogP) is 1.52. The van der Waals surface area contributed by atoms with Crippen LogP contribution in [0.2, 0.25) is 0 Å². The molecule has 1 saturated heterocycles. The Bertz CT molecular complexity index is 456. The van der Waals surface area contributed by atoms with Crippen LogP contribution in [0, 0.1) is 11.6 Å². The quantitative estimate of drug-likeness (QED) is 0.881. The molecule has 0 aliphatic carbocycles. The van der Waals surface area contributed by atoms with E-state index in [2.05, 4.69) is 10.6 Å². The number of rotatable bonds is 4. The molecule has 0 saturated carbocycles. The number of amides is 1. The van der Waals surface area contributed by atoms with Crippen molar-refractivity contribution in [1.29, 1.82) is 0 Å². The van der Waals surface area contributed by atoms with Gasteiger partial charge < -0.3 is 15.4 Å². The minimum absolute atomic E-state index is 0.0542. The summed E-state index contributed by atoms with van der Waals surface area (Å²) in [6.07, 6.45) is 0.223. The Kier molecular flexibility index (Phi) is 5.03. The van der Waals surface area contributed by atoms with Crippen LogP contribution in [-0.2, 0) is 9.53 Å². The first-order chi connectivity index (χ1) is 9.58. The van der Waals surface area contributed by atoms with E-state index in [9.17, 15) is 13.6 Å². The Labute approximate surface area is 116 Å². The molecule has 0 bridgehead atoms. The van der Waals surface area contributed by atoms with Gasteiger partial charge in [-0.15, -0.1) is 0 Å². The lowest BCUT2D eigenvalue weighted by atomic mass is 10.1. The predicted molar refractivity (Wildman–Crippen MR) is 70.1 cm³/mol. The van der Waals surface area contributed by atoms with Crippen LogP contribution in [0.25, 0.3) is 0 Å². The second-order valence-corrected chi connectivity index (χ2v) is 4.85. The summed E-state index contributed by atoms with van der Waals surface area (Å²) in [5.41, 5.74) is -0.117. The molecule has 1 amide bonds. The average molecular weight is 284 g/mol. The highest BCUT2D eigenvalue weighted by atomic mass is 19.1. The highest BCUT2D eigenvalue weighted by Crippen LogP contribution is 2.20. The summed E-state index contributed by atoms with van der Waals surface area (Å²) >= 11 is 0. The van der Waals surface area contributed by atoms with E-state index < -0.39 is 17.7 Å². The van der Waals surface area contributed by atoms with Crippen molar-refractivity contribution >= 4 is 5.91 Å². The molecule has 20 heavy (non-hydrogen) atoms. The summed E-state index contributed by atoms with van der Waals surface area (Å²) in [5, 5.41) is 5.76. The molecular weight excluding hydrogens is 266 g/mol. The fourth-order valence-electron chi connectivity index (χ4n) is 2.27. The molecule has 1 heterocycles. The van der Waals surface area contributed by atoms with Gasteiger partial charge in [0.1, 0.15) is 11.6 Å². The van der Waals surface area contributed by atoms with Gasteiger partial charge in [0.05, 0.1) is 19.3 Å². The lowest BCUT2D eigenvalue weighted by molar-refractivity contribution is -0.122. The number of benzene rings is 1. The smallest absolute Gasteiger partial charge is 0.222 e. The van der Waals surface area contributed by atoms with E-state index >= 15 is 0 Å². The van der Waals surface area contributed by atoms with Crippen LogP contribution in [0.3, 0.4) is 0 Å². The molecule has 6 heteroatoms. The zero-order valence-electron chi connectivity index (χ0n) is 11.3. The van der Waals surface area contributed by atoms with Crippen molar-refractivity contribution in [3.8, 4) is 0 Å². The molecule has 1 aliphatic heterocycles. The summed E-state index contributed by atoms with van der Waals surface area (Å²) < 4.78 is 32.4. The Morgan fingerprint density at radius 1 is 1.50 bits per heavy atom. The Morgan fingerprint density at radius 2 is 2.20 bits per heavy atom. The molecule has 1 fully saturated rings. The number of hydrogen-bond donors (Lipinski definition) is 2. The maximum Gasteiger partial charge on any atom is 0.222 e. The van der Waals surface area contributed by atoms with Crippen molar-refractivity contribution in [2.24, 2.45) is 0 Å². The lowest BCUT2D eigenvalue weighted by Crippen LogP contribution is -2.44. The lowest BCUT2D eigenvalue weighted by Gasteiger charge is -2.24. The number of nitrogens with one attached hydrogen (secondary N) is 2. The van der Waals surface area contributed by atoms with Gasteiger partial charge in [-0.1, -0.05) is 6.07 Å². The third-order valence-electron chi connectivity index (χ3n) is 3.24. The number of hydrogen-bond acceptors (Lipinski definition) is 3. The maximum absolute atomic E-state index is 13.6. The zero-order chi connectivity index (χ0) is 14.5. The van der Waals surface area contributed by atoms with Gasteiger partial charge in [-0.3, -0.25) is 4.79 Å². The van der Waals surface area contributed by atoms with Crippen LogP contribution < -0.4 is 10.6 Å². The monoisotopic (exact) mass is 284 g/mol. The van der Waals surface area contributed by atoms with Crippen molar-refractivity contribution < 1.29 is 18.3 Å². The number of carbonyl (C=O) groups excluding carboxylic acids is 1. The Hall–Kier alpha value is -1.53. The van der Waals surface area contributed by atoms with Crippen LogP contribution in [-0.4, -0.2) is 31.7 Å². The molecule has 110 valence electrons. The van der Waals surface area contributed by atoms with Gasteiger partial charge in [-0.2, -0.15) is 0 Å². The molecule has 1 aliphatic rings. The molecule has 2 unspecified atom stereocenters. The van der Waals surface area contributed by atoms with E-state index in [4.69, 9.17) is 4.74 Å². The van der Waals surface area contributed by atoms with Gasteiger partial charge in [0.15, 0.2) is 0 Å². The van der Waals surface area contributed by atoms with Gasteiger partial charge in [0.25, 0.3) is 0 Å². The number of carbonyl (C=O) groups is 1. The molecule has 4 nitrogen and oxygen atoms in total. The first-order valence-electron chi connectivity index (χ1n) is 6.62. The molecule has 0 spiro atoms. The van der Waals surface area contributed by atoms with E-state index in [1.165, 1.54) is 18.2 Å². The van der Waals surface area contributed by atoms with E-state index in [0.29, 0.717) is 19.8 Å². The molecular formula is C14H18F2N2O2. The average Bonchev–Trinajstić information content (AvgIpc) is 2.39. The number of morpholine rings is 1. The summed E-state index contributed by atoms with van der Waals surface area (Å²) in [6.45, 7) is 3.37. The van der Waals surface area contributed by atoms with E-state index in [0.717, 1.165) is 0 Å². The van der Waals surface area contributed by atoms with E-state index in [1.54, 1.807) is 6.92 Å². The molecule has 2 atom stereocenters. The van der Waals surface area contributed by atoms with Crippen LogP contribution in [0.5, 0.6) is 0 Å². The van der Waals surface area contributed by atoms with Crippen LogP contribution in [0.15, 0.2) is 18.2 Å². The molecule has 0 aromatic heterocycles. The summed E-state index contributed by atoms with van der Waals surface area (Å²) in [6, 6.07) is 2.89. The van der Waals surface area contributed by atoms with Gasteiger partial charge in [0, 0.05) is 24.6 Å².